The largest absolute Gasteiger partial charge is 0.302 e. The normalized spacial score (nSPS) is 13.9. The molecule has 0 saturated carbocycles. The highest BCUT2D eigenvalue weighted by atomic mass is 31.2. The Morgan fingerprint density at radius 1 is 0.733 bits per heavy atom. The number of carbonyl (C=O) groups is 2. The lowest BCUT2D eigenvalue weighted by molar-refractivity contribution is 0.103. The van der Waals surface area contributed by atoms with Crippen LogP contribution in [0.15, 0.2) is 47.8 Å². The van der Waals surface area contributed by atoms with Crippen LogP contribution in [0.1, 0.15) is 66.9 Å². The summed E-state index contributed by atoms with van der Waals surface area (Å²) in [5.41, 5.74) is 4.85. The molecule has 0 amide bonds. The Hall–Kier alpha value is -2.51. The highest BCUT2D eigenvalue weighted by Gasteiger charge is 2.45. The van der Waals surface area contributed by atoms with Gasteiger partial charge in [-0.2, -0.15) is 0 Å². The third-order valence-electron chi connectivity index (χ3n) is 5.75. The van der Waals surface area contributed by atoms with Crippen molar-refractivity contribution < 1.29 is 14.2 Å². The molecule has 0 spiro atoms. The number of aryl methyl sites for hydroxylation is 6. The van der Waals surface area contributed by atoms with E-state index in [1.165, 1.54) is 0 Å². The minimum Gasteiger partial charge on any atom is -0.302 e. The van der Waals surface area contributed by atoms with Crippen LogP contribution in [0.5, 0.6) is 0 Å². The van der Waals surface area contributed by atoms with Crippen molar-refractivity contribution in [1.29, 1.82) is 0 Å². The second-order valence-electron chi connectivity index (χ2n) is 8.39. The van der Waals surface area contributed by atoms with Gasteiger partial charge in [0.05, 0.1) is 0 Å². The average molecular weight is 420 g/mol. The summed E-state index contributed by atoms with van der Waals surface area (Å²) in [4.78, 5) is 27.7. The summed E-state index contributed by atoms with van der Waals surface area (Å²) >= 11 is 0. The maximum absolute atomic E-state index is 14.5. The van der Waals surface area contributed by atoms with E-state index in [0.717, 1.165) is 33.4 Å². The number of rotatable bonds is 5. The molecular formula is C26H29O3P. The smallest absolute Gasteiger partial charge is 0.244 e. The van der Waals surface area contributed by atoms with Gasteiger partial charge < -0.3 is 4.57 Å². The van der Waals surface area contributed by atoms with Crippen molar-refractivity contribution in [3.8, 4) is 0 Å². The zero-order chi connectivity index (χ0) is 22.2. The molecule has 156 valence electrons. The van der Waals surface area contributed by atoms with Crippen LogP contribution in [0.25, 0.3) is 0 Å². The van der Waals surface area contributed by atoms with E-state index in [0.29, 0.717) is 29.3 Å². The standard InChI is InChI=1S/C26H29O3P/c1-16-12-18(3)23(19(4)13-16)25(27)30(29,22-10-8-7-9-11-22)26(28)24-20(5)14-17(2)15-21(24)6/h7-8,10,12-15H,9,11H2,1-6H3. The number of hydrogen-bond donors (Lipinski definition) is 0. The molecule has 2 aromatic rings. The molecule has 0 N–H and O–H groups in total. The van der Waals surface area contributed by atoms with Gasteiger partial charge in [-0.15, -0.1) is 0 Å². The molecule has 30 heavy (non-hydrogen) atoms. The summed E-state index contributed by atoms with van der Waals surface area (Å²) in [5.74, 6) is 0. The third kappa shape index (κ3) is 3.79. The Bertz CT molecular complexity index is 1050. The molecular weight excluding hydrogens is 391 g/mol. The minimum absolute atomic E-state index is 0.412. The van der Waals surface area contributed by atoms with Crippen LogP contribution in [0, 0.1) is 41.5 Å². The van der Waals surface area contributed by atoms with Gasteiger partial charge in [0, 0.05) is 16.4 Å². The van der Waals surface area contributed by atoms with Gasteiger partial charge in [0.2, 0.25) is 18.2 Å². The van der Waals surface area contributed by atoms with Crippen LogP contribution in [-0.4, -0.2) is 11.0 Å². The Morgan fingerprint density at radius 2 is 1.13 bits per heavy atom. The summed E-state index contributed by atoms with van der Waals surface area (Å²) in [6.07, 6.45) is 6.61. The fourth-order valence-corrected chi connectivity index (χ4v) is 7.34. The minimum atomic E-state index is -4.03. The van der Waals surface area contributed by atoms with Crippen LogP contribution in [-0.2, 0) is 4.57 Å². The maximum Gasteiger partial charge on any atom is 0.244 e. The monoisotopic (exact) mass is 420 g/mol. The molecule has 0 fully saturated rings. The average Bonchev–Trinajstić information content (AvgIpc) is 2.66. The molecule has 0 aliphatic heterocycles. The lowest BCUT2D eigenvalue weighted by Crippen LogP contribution is -2.17. The van der Waals surface area contributed by atoms with Gasteiger partial charge in [-0.05, 0) is 76.6 Å². The number of carbonyl (C=O) groups excluding carboxylic acids is 2. The van der Waals surface area contributed by atoms with Gasteiger partial charge >= 0.3 is 0 Å². The van der Waals surface area contributed by atoms with E-state index in [4.69, 9.17) is 0 Å². The number of benzene rings is 2. The van der Waals surface area contributed by atoms with Crippen molar-refractivity contribution in [2.24, 2.45) is 0 Å². The van der Waals surface area contributed by atoms with Gasteiger partial charge in [0.15, 0.2) is 0 Å². The zero-order valence-electron chi connectivity index (χ0n) is 18.6. The summed E-state index contributed by atoms with van der Waals surface area (Å²) in [7, 11) is -4.03. The Kier molecular flexibility index (Phi) is 6.15. The van der Waals surface area contributed by atoms with E-state index in [1.807, 2.05) is 71.9 Å². The van der Waals surface area contributed by atoms with Crippen molar-refractivity contribution in [2.45, 2.75) is 54.4 Å². The van der Waals surface area contributed by atoms with Crippen LogP contribution in [0.2, 0.25) is 0 Å². The van der Waals surface area contributed by atoms with Gasteiger partial charge in [-0.25, -0.2) is 0 Å². The first-order valence-electron chi connectivity index (χ1n) is 10.3. The summed E-state index contributed by atoms with van der Waals surface area (Å²) in [5, 5.41) is 0.457. The molecule has 3 rings (SSSR count). The van der Waals surface area contributed by atoms with E-state index >= 15 is 0 Å². The van der Waals surface area contributed by atoms with Crippen molar-refractivity contribution >= 4 is 18.2 Å². The molecule has 3 nitrogen and oxygen atoms in total. The van der Waals surface area contributed by atoms with Gasteiger partial charge in [-0.3, -0.25) is 9.59 Å². The van der Waals surface area contributed by atoms with E-state index in [-0.39, 0.29) is 0 Å². The van der Waals surface area contributed by atoms with Crippen molar-refractivity contribution in [3.63, 3.8) is 0 Å². The molecule has 0 aromatic heterocycles. The SMILES string of the molecule is Cc1cc(C)c(C(=O)P(=O)(C(=O)c2c(C)cc(C)cc2C)C2=CC=CCC2)c(C)c1. The molecule has 0 atom stereocenters. The van der Waals surface area contributed by atoms with Crippen molar-refractivity contribution in [2.75, 3.05) is 0 Å². The van der Waals surface area contributed by atoms with Gasteiger partial charge in [0.1, 0.15) is 0 Å². The fraction of sp³-hybridized carbons (Fsp3) is 0.308. The van der Waals surface area contributed by atoms with Crippen LogP contribution in [0.3, 0.4) is 0 Å². The number of allylic oxidation sites excluding steroid dienone is 4. The molecule has 1 aliphatic carbocycles. The highest BCUT2D eigenvalue weighted by Crippen LogP contribution is 2.61. The molecule has 4 heteroatoms. The van der Waals surface area contributed by atoms with Crippen molar-refractivity contribution in [1.82, 2.24) is 0 Å². The van der Waals surface area contributed by atoms with Gasteiger partial charge in [-0.1, -0.05) is 53.6 Å². The second kappa shape index (κ2) is 8.32. The first kappa shape index (κ1) is 22.2. The highest BCUT2D eigenvalue weighted by molar-refractivity contribution is 7.98. The molecule has 0 saturated heterocycles. The quantitative estimate of drug-likeness (QED) is 0.484. The second-order valence-corrected chi connectivity index (χ2v) is 11.0. The zero-order valence-corrected chi connectivity index (χ0v) is 19.5. The van der Waals surface area contributed by atoms with E-state index in [1.54, 1.807) is 12.2 Å². The Labute approximate surface area is 179 Å². The molecule has 2 aromatic carbocycles. The predicted octanol–water partition coefficient (Wildman–Crippen LogP) is 7.11. The first-order valence-corrected chi connectivity index (χ1v) is 12.0. The van der Waals surface area contributed by atoms with Gasteiger partial charge in [0.25, 0.3) is 0 Å². The van der Waals surface area contributed by atoms with Crippen molar-refractivity contribution in [3.05, 3.63) is 92.3 Å². The Morgan fingerprint density at radius 3 is 1.47 bits per heavy atom. The first-order chi connectivity index (χ1) is 14.1. The van der Waals surface area contributed by atoms with Crippen LogP contribution >= 0.6 is 7.14 Å². The van der Waals surface area contributed by atoms with Crippen LogP contribution in [0.4, 0.5) is 0 Å². The maximum atomic E-state index is 14.5. The van der Waals surface area contributed by atoms with Crippen LogP contribution < -0.4 is 0 Å². The van der Waals surface area contributed by atoms with E-state index in [9.17, 15) is 14.2 Å². The molecule has 1 aliphatic rings. The van der Waals surface area contributed by atoms with E-state index in [2.05, 4.69) is 0 Å². The summed E-state index contributed by atoms with van der Waals surface area (Å²) in [6, 6.07) is 7.64. The number of hydrogen-bond acceptors (Lipinski definition) is 3. The summed E-state index contributed by atoms with van der Waals surface area (Å²) < 4.78 is 14.5. The lowest BCUT2D eigenvalue weighted by Gasteiger charge is -2.24. The fourth-order valence-electron chi connectivity index (χ4n) is 4.56. The molecule has 0 bridgehead atoms. The molecule has 0 unspecified atom stereocenters. The lowest BCUT2D eigenvalue weighted by atomic mass is 10.0. The predicted molar refractivity (Wildman–Crippen MR) is 124 cm³/mol. The molecule has 0 heterocycles. The Balaban J connectivity index is 2.28. The third-order valence-corrected chi connectivity index (χ3v) is 8.52. The molecule has 0 radical (unpaired) electrons. The summed E-state index contributed by atoms with van der Waals surface area (Å²) in [6.45, 7) is 11.3. The van der Waals surface area contributed by atoms with E-state index < -0.39 is 18.2 Å². The topological polar surface area (TPSA) is 51.2 Å².